The van der Waals surface area contributed by atoms with E-state index in [0.717, 1.165) is 0 Å². The van der Waals surface area contributed by atoms with Crippen LogP contribution >= 0.6 is 26.6 Å². The molecule has 0 atom stereocenters. The maximum atomic E-state index is 12.2. The van der Waals surface area contributed by atoms with Crippen LogP contribution in [0.1, 0.15) is 23.2 Å². The first-order chi connectivity index (χ1) is 9.77. The molecule has 21 heavy (non-hydrogen) atoms. The molecule has 0 saturated carbocycles. The average Bonchev–Trinajstić information content (AvgIpc) is 2.40. The molecule has 0 bridgehead atoms. The quantitative estimate of drug-likeness (QED) is 0.767. The van der Waals surface area contributed by atoms with Gasteiger partial charge in [0.15, 0.2) is 0 Å². The van der Waals surface area contributed by atoms with E-state index in [9.17, 15) is 17.4 Å². The third-order valence-corrected chi connectivity index (χ3v) is 6.61. The number of amides is 1. The zero-order valence-electron chi connectivity index (χ0n) is 10.8. The minimum atomic E-state index is -3.88. The van der Waals surface area contributed by atoms with E-state index in [1.807, 2.05) is 0 Å². The lowest BCUT2D eigenvalue weighted by Gasteiger charge is -2.22. The predicted molar refractivity (Wildman–Crippen MR) is 85.5 cm³/mol. The van der Waals surface area contributed by atoms with Gasteiger partial charge in [0.25, 0.3) is 15.0 Å². The van der Waals surface area contributed by atoms with Gasteiger partial charge in [-0.25, -0.2) is 8.42 Å². The number of carbonyl (C=O) groups excluding carboxylic acids is 1. The minimum Gasteiger partial charge on any atom is -0.349 e. The summed E-state index contributed by atoms with van der Waals surface area (Å²) >= 11 is 3.22. The maximum absolute atomic E-state index is 12.2. The highest BCUT2D eigenvalue weighted by Crippen LogP contribution is 2.23. The second-order valence-electron chi connectivity index (χ2n) is 4.68. The third-order valence-electron chi connectivity index (χ3n) is 3.19. The first-order valence-corrected chi connectivity index (χ1v) is 10.8. The number of hydrogen-bond acceptors (Lipinski definition) is 4. The van der Waals surface area contributed by atoms with Crippen molar-refractivity contribution in [1.29, 1.82) is 0 Å². The van der Waals surface area contributed by atoms with Crippen LogP contribution in [-0.2, 0) is 19.9 Å². The van der Waals surface area contributed by atoms with Gasteiger partial charge in [0.05, 0.1) is 10.5 Å². The number of nitrogens with one attached hydrogen (secondary N) is 1. The smallest absolute Gasteiger partial charge is 0.261 e. The molecule has 1 saturated heterocycles. The summed E-state index contributed by atoms with van der Waals surface area (Å²) in [6, 6.07) is 3.99. The molecule has 5 nitrogen and oxygen atoms in total. The molecule has 1 fully saturated rings. The molecule has 0 aliphatic carbocycles. The molecule has 1 aliphatic heterocycles. The average molecular weight is 415 g/mol. The molecule has 0 aromatic heterocycles. The Bertz CT molecular complexity index is 682. The first kappa shape index (κ1) is 16.9. The van der Waals surface area contributed by atoms with Crippen LogP contribution < -0.4 is 5.32 Å². The number of hydrogen-bond donors (Lipinski definition) is 1. The molecule has 1 aromatic rings. The summed E-state index contributed by atoms with van der Waals surface area (Å²) in [5, 5.41) is 2.83. The fourth-order valence-electron chi connectivity index (χ4n) is 2.03. The predicted octanol–water partition coefficient (Wildman–Crippen LogP) is 2.02. The van der Waals surface area contributed by atoms with E-state index in [0.29, 0.717) is 28.8 Å². The molecule has 1 aliphatic rings. The van der Waals surface area contributed by atoms with Crippen LogP contribution in [0.4, 0.5) is 0 Å². The van der Waals surface area contributed by atoms with Crippen LogP contribution in [0.5, 0.6) is 0 Å². The van der Waals surface area contributed by atoms with E-state index in [2.05, 4.69) is 21.2 Å². The van der Waals surface area contributed by atoms with Crippen LogP contribution in [0.15, 0.2) is 27.6 Å². The lowest BCUT2D eigenvalue weighted by Crippen LogP contribution is -2.39. The Hall–Kier alpha value is -0.440. The summed E-state index contributed by atoms with van der Waals surface area (Å²) in [6.07, 6.45) is 1.31. The van der Waals surface area contributed by atoms with E-state index >= 15 is 0 Å². The van der Waals surface area contributed by atoms with Crippen LogP contribution in [0.3, 0.4) is 0 Å². The van der Waals surface area contributed by atoms with E-state index in [1.54, 1.807) is 0 Å². The lowest BCUT2D eigenvalue weighted by molar-refractivity contribution is 0.0933. The van der Waals surface area contributed by atoms with Gasteiger partial charge in [-0.3, -0.25) is 9.00 Å². The van der Waals surface area contributed by atoms with Crippen molar-refractivity contribution in [1.82, 2.24) is 5.32 Å². The standard InChI is InChI=1S/C12H13BrClNO4S2/c13-11-2-1-9(21(14,18)19)7-10(11)12(16)15-8-3-5-20(17)6-4-8/h1-2,7-8H,3-6H2,(H,15,16). The van der Waals surface area contributed by atoms with E-state index < -0.39 is 19.9 Å². The highest BCUT2D eigenvalue weighted by Gasteiger charge is 2.22. The van der Waals surface area contributed by atoms with E-state index in [4.69, 9.17) is 10.7 Å². The molecule has 116 valence electrons. The molecule has 1 N–H and O–H groups in total. The fraction of sp³-hybridized carbons (Fsp3) is 0.417. The Balaban J connectivity index is 2.17. The van der Waals surface area contributed by atoms with Crippen molar-refractivity contribution >= 4 is 52.4 Å². The van der Waals surface area contributed by atoms with Gasteiger partial charge >= 0.3 is 0 Å². The summed E-state index contributed by atoms with van der Waals surface area (Å²) < 4.78 is 34.4. The lowest BCUT2D eigenvalue weighted by atomic mass is 10.1. The molecule has 0 radical (unpaired) electrons. The summed E-state index contributed by atoms with van der Waals surface area (Å²) in [5.74, 6) is 0.770. The Kier molecular flexibility index (Phi) is 5.45. The van der Waals surface area contributed by atoms with Crippen molar-refractivity contribution in [3.63, 3.8) is 0 Å². The highest BCUT2D eigenvalue weighted by molar-refractivity contribution is 9.10. The normalized spacial score (nSPS) is 22.8. The summed E-state index contributed by atoms with van der Waals surface area (Å²) in [5.41, 5.74) is 0.212. The molecule has 2 rings (SSSR count). The van der Waals surface area contributed by atoms with Gasteiger partial charge in [0, 0.05) is 43.5 Å². The van der Waals surface area contributed by atoms with Crippen LogP contribution in [-0.4, -0.2) is 36.1 Å². The molecule has 1 heterocycles. The summed E-state index contributed by atoms with van der Waals surface area (Å²) in [7, 11) is 0.605. The summed E-state index contributed by atoms with van der Waals surface area (Å²) in [4.78, 5) is 12.1. The van der Waals surface area contributed by atoms with Gasteiger partial charge < -0.3 is 5.32 Å². The topological polar surface area (TPSA) is 80.3 Å². The zero-order valence-corrected chi connectivity index (χ0v) is 14.8. The van der Waals surface area contributed by atoms with Gasteiger partial charge in [0.2, 0.25) is 0 Å². The van der Waals surface area contributed by atoms with Crippen LogP contribution in [0.2, 0.25) is 0 Å². The van der Waals surface area contributed by atoms with E-state index in [-0.39, 0.29) is 22.4 Å². The summed E-state index contributed by atoms with van der Waals surface area (Å²) in [6.45, 7) is 0. The van der Waals surface area contributed by atoms with Crippen molar-refractivity contribution < 1.29 is 17.4 Å². The van der Waals surface area contributed by atoms with Crippen molar-refractivity contribution in [2.45, 2.75) is 23.8 Å². The minimum absolute atomic E-state index is 0.0432. The number of rotatable bonds is 3. The third kappa shape index (κ3) is 4.51. The maximum Gasteiger partial charge on any atom is 0.261 e. The first-order valence-electron chi connectivity index (χ1n) is 6.17. The molecule has 0 spiro atoms. The van der Waals surface area contributed by atoms with Gasteiger partial charge in [-0.15, -0.1) is 0 Å². The Morgan fingerprint density at radius 3 is 2.52 bits per heavy atom. The Labute approximate surface area is 138 Å². The molecular formula is C12H13BrClNO4S2. The van der Waals surface area contributed by atoms with Crippen molar-refractivity contribution in [3.8, 4) is 0 Å². The number of benzene rings is 1. The van der Waals surface area contributed by atoms with Gasteiger partial charge in [0.1, 0.15) is 0 Å². The highest BCUT2D eigenvalue weighted by atomic mass is 79.9. The monoisotopic (exact) mass is 413 g/mol. The second-order valence-corrected chi connectivity index (χ2v) is 9.79. The van der Waals surface area contributed by atoms with Crippen molar-refractivity contribution in [2.24, 2.45) is 0 Å². The van der Waals surface area contributed by atoms with Gasteiger partial charge in [-0.1, -0.05) is 0 Å². The number of halogens is 2. The molecule has 9 heteroatoms. The van der Waals surface area contributed by atoms with Gasteiger partial charge in [-0.2, -0.15) is 0 Å². The van der Waals surface area contributed by atoms with E-state index in [1.165, 1.54) is 18.2 Å². The van der Waals surface area contributed by atoms with Crippen LogP contribution in [0, 0.1) is 0 Å². The SMILES string of the molecule is O=C(NC1CCS(=O)CC1)c1cc(S(=O)(=O)Cl)ccc1Br. The largest absolute Gasteiger partial charge is 0.349 e. The molecule has 1 amide bonds. The Morgan fingerprint density at radius 1 is 1.33 bits per heavy atom. The number of carbonyl (C=O) groups is 1. The van der Waals surface area contributed by atoms with Crippen molar-refractivity contribution in [2.75, 3.05) is 11.5 Å². The van der Waals surface area contributed by atoms with Crippen LogP contribution in [0.25, 0.3) is 0 Å². The Morgan fingerprint density at radius 2 is 1.95 bits per heavy atom. The molecule has 1 aromatic carbocycles. The van der Waals surface area contributed by atoms with Gasteiger partial charge in [-0.05, 0) is 47.0 Å². The zero-order chi connectivity index (χ0) is 15.6. The second kappa shape index (κ2) is 6.76. The van der Waals surface area contributed by atoms with Crippen molar-refractivity contribution in [3.05, 3.63) is 28.2 Å². The fourth-order valence-corrected chi connectivity index (χ4v) is 4.53. The molecular weight excluding hydrogens is 402 g/mol. The molecule has 0 unspecified atom stereocenters.